The van der Waals surface area contributed by atoms with Gasteiger partial charge in [-0.25, -0.2) is 0 Å². The molecule has 2 aliphatic rings. The summed E-state index contributed by atoms with van der Waals surface area (Å²) in [7, 11) is 1.65. The molecule has 0 radical (unpaired) electrons. The Bertz CT molecular complexity index is 821. The van der Waals surface area contributed by atoms with E-state index in [1.165, 1.54) is 11.1 Å². The third kappa shape index (κ3) is 2.89. The van der Waals surface area contributed by atoms with E-state index in [4.69, 9.17) is 9.47 Å². The molecule has 2 aliphatic heterocycles. The zero-order valence-corrected chi connectivity index (χ0v) is 14.0. The van der Waals surface area contributed by atoms with Gasteiger partial charge in [0.15, 0.2) is 11.5 Å². The van der Waals surface area contributed by atoms with Crippen LogP contribution in [-0.4, -0.2) is 35.8 Å². The van der Waals surface area contributed by atoms with Gasteiger partial charge in [0.2, 0.25) is 12.7 Å². The summed E-state index contributed by atoms with van der Waals surface area (Å²) < 4.78 is 10.7. The van der Waals surface area contributed by atoms with E-state index < -0.39 is 0 Å². The Morgan fingerprint density at radius 3 is 2.72 bits per heavy atom. The molecule has 0 saturated heterocycles. The lowest BCUT2D eigenvalue weighted by molar-refractivity contribution is -0.126. The molecule has 0 fully saturated rings. The average Bonchev–Trinajstić information content (AvgIpc) is 3.07. The van der Waals surface area contributed by atoms with Crippen LogP contribution >= 0.6 is 0 Å². The number of carbonyl (C=O) groups is 1. The van der Waals surface area contributed by atoms with Crippen LogP contribution in [0.5, 0.6) is 17.2 Å². The number of fused-ring (bicyclic) bond motifs is 2. The molecule has 6 nitrogen and oxygen atoms in total. The Morgan fingerprint density at radius 2 is 1.96 bits per heavy atom. The normalized spacial score (nSPS) is 18.7. The maximum Gasteiger partial charge on any atom is 0.237 e. The van der Waals surface area contributed by atoms with Gasteiger partial charge in [0.1, 0.15) is 5.75 Å². The van der Waals surface area contributed by atoms with E-state index in [0.717, 1.165) is 5.56 Å². The summed E-state index contributed by atoms with van der Waals surface area (Å²) in [6, 6.07) is 11.3. The molecule has 0 bridgehead atoms. The molecule has 0 aromatic heterocycles. The third-order valence-corrected chi connectivity index (χ3v) is 4.84. The van der Waals surface area contributed by atoms with Crippen LogP contribution in [0.2, 0.25) is 0 Å². The number of hydrogen-bond acceptors (Lipinski definition) is 5. The zero-order valence-electron chi connectivity index (χ0n) is 14.0. The summed E-state index contributed by atoms with van der Waals surface area (Å²) in [4.78, 5) is 14.5. The number of rotatable bonds is 3. The lowest BCUT2D eigenvalue weighted by Gasteiger charge is -2.35. The zero-order chi connectivity index (χ0) is 17.4. The number of benzene rings is 2. The van der Waals surface area contributed by atoms with Crippen molar-refractivity contribution in [2.24, 2.45) is 0 Å². The largest absolute Gasteiger partial charge is 0.507 e. The van der Waals surface area contributed by atoms with Crippen LogP contribution in [0.3, 0.4) is 0 Å². The highest BCUT2D eigenvalue weighted by atomic mass is 16.7. The number of hydrogen-bond donors (Lipinski definition) is 2. The molecule has 25 heavy (non-hydrogen) atoms. The fourth-order valence-electron chi connectivity index (χ4n) is 3.49. The Hall–Kier alpha value is -2.73. The van der Waals surface area contributed by atoms with E-state index in [2.05, 4.69) is 22.3 Å². The van der Waals surface area contributed by atoms with E-state index in [1.807, 2.05) is 12.1 Å². The summed E-state index contributed by atoms with van der Waals surface area (Å²) in [5, 5.41) is 13.1. The molecule has 2 heterocycles. The molecule has 0 spiro atoms. The van der Waals surface area contributed by atoms with Crippen LogP contribution in [-0.2, 0) is 24.3 Å². The van der Waals surface area contributed by atoms with Gasteiger partial charge in [-0.3, -0.25) is 9.69 Å². The van der Waals surface area contributed by atoms with Gasteiger partial charge in [0.25, 0.3) is 0 Å². The van der Waals surface area contributed by atoms with Crippen molar-refractivity contribution in [3.8, 4) is 17.2 Å². The standard InChI is InChI=1S/C19H20N2O4/c1-20-19(23)15-6-12-4-2-3-5-13(12)9-21(15)10-14-7-17-18(8-16(14)22)25-11-24-17/h2-5,7-8,15,22H,6,9-11H2,1H3,(H,20,23). The molecule has 130 valence electrons. The number of nitrogens with one attached hydrogen (secondary N) is 1. The summed E-state index contributed by atoms with van der Waals surface area (Å²) in [5.41, 5.74) is 3.13. The van der Waals surface area contributed by atoms with Crippen molar-refractivity contribution in [1.29, 1.82) is 0 Å². The van der Waals surface area contributed by atoms with Crippen LogP contribution in [0.15, 0.2) is 36.4 Å². The van der Waals surface area contributed by atoms with E-state index in [9.17, 15) is 9.90 Å². The average molecular weight is 340 g/mol. The highest BCUT2D eigenvalue weighted by molar-refractivity contribution is 5.82. The summed E-state index contributed by atoms with van der Waals surface area (Å²) in [6.45, 7) is 1.27. The van der Waals surface area contributed by atoms with Gasteiger partial charge in [0.05, 0.1) is 6.04 Å². The Balaban J connectivity index is 1.65. The van der Waals surface area contributed by atoms with Crippen molar-refractivity contribution in [1.82, 2.24) is 10.2 Å². The number of nitrogens with zero attached hydrogens (tertiary/aromatic N) is 1. The molecule has 2 aromatic carbocycles. The van der Waals surface area contributed by atoms with E-state index in [1.54, 1.807) is 19.2 Å². The van der Waals surface area contributed by atoms with Gasteiger partial charge in [-0.1, -0.05) is 24.3 Å². The fraction of sp³-hybridized carbons (Fsp3) is 0.316. The molecule has 6 heteroatoms. The molecule has 1 unspecified atom stereocenters. The first-order valence-electron chi connectivity index (χ1n) is 8.29. The van der Waals surface area contributed by atoms with Gasteiger partial charge >= 0.3 is 0 Å². The van der Waals surface area contributed by atoms with Gasteiger partial charge in [-0.2, -0.15) is 0 Å². The number of aromatic hydroxyl groups is 1. The Morgan fingerprint density at radius 1 is 1.24 bits per heavy atom. The maximum absolute atomic E-state index is 12.4. The minimum absolute atomic E-state index is 0.0188. The van der Waals surface area contributed by atoms with Crippen molar-refractivity contribution < 1.29 is 19.4 Å². The van der Waals surface area contributed by atoms with E-state index >= 15 is 0 Å². The first kappa shape index (κ1) is 15.8. The number of ether oxygens (including phenoxy) is 2. The minimum atomic E-state index is -0.273. The van der Waals surface area contributed by atoms with Crippen LogP contribution < -0.4 is 14.8 Å². The molecule has 4 rings (SSSR count). The quantitative estimate of drug-likeness (QED) is 0.891. The molecular weight excluding hydrogens is 320 g/mol. The van der Waals surface area contributed by atoms with Crippen molar-refractivity contribution >= 4 is 5.91 Å². The number of phenolic OH excluding ortho intramolecular Hbond substituents is 1. The number of amides is 1. The Labute approximate surface area is 146 Å². The number of likely N-dealkylation sites (N-methyl/N-ethyl adjacent to an activating group) is 1. The predicted octanol–water partition coefficient (Wildman–Crippen LogP) is 1.79. The molecule has 1 amide bonds. The smallest absolute Gasteiger partial charge is 0.237 e. The van der Waals surface area contributed by atoms with Crippen molar-refractivity contribution in [2.75, 3.05) is 13.8 Å². The first-order chi connectivity index (χ1) is 12.2. The van der Waals surface area contributed by atoms with Gasteiger partial charge in [0, 0.05) is 31.8 Å². The maximum atomic E-state index is 12.4. The second-order valence-corrected chi connectivity index (χ2v) is 6.34. The molecule has 2 aromatic rings. The molecule has 2 N–H and O–H groups in total. The van der Waals surface area contributed by atoms with Crippen LogP contribution in [0.1, 0.15) is 16.7 Å². The number of carbonyl (C=O) groups excluding carboxylic acids is 1. The van der Waals surface area contributed by atoms with Crippen molar-refractivity contribution in [2.45, 2.75) is 25.6 Å². The molecule has 0 saturated carbocycles. The topological polar surface area (TPSA) is 71.0 Å². The van der Waals surface area contributed by atoms with Gasteiger partial charge < -0.3 is 19.9 Å². The second-order valence-electron chi connectivity index (χ2n) is 6.34. The van der Waals surface area contributed by atoms with Crippen LogP contribution in [0.4, 0.5) is 0 Å². The SMILES string of the molecule is CNC(=O)C1Cc2ccccc2CN1Cc1cc2c(cc1O)OCO2. The van der Waals surface area contributed by atoms with Crippen molar-refractivity contribution in [3.63, 3.8) is 0 Å². The minimum Gasteiger partial charge on any atom is -0.507 e. The summed E-state index contributed by atoms with van der Waals surface area (Å²) >= 11 is 0. The fourth-order valence-corrected chi connectivity index (χ4v) is 3.49. The van der Waals surface area contributed by atoms with E-state index in [0.29, 0.717) is 31.0 Å². The highest BCUT2D eigenvalue weighted by Gasteiger charge is 2.31. The summed E-state index contributed by atoms with van der Waals surface area (Å²) in [6.07, 6.45) is 0.654. The van der Waals surface area contributed by atoms with Crippen LogP contribution in [0, 0.1) is 0 Å². The highest BCUT2D eigenvalue weighted by Crippen LogP contribution is 2.38. The third-order valence-electron chi connectivity index (χ3n) is 4.84. The molecule has 1 atom stereocenters. The second kappa shape index (κ2) is 6.29. The van der Waals surface area contributed by atoms with Gasteiger partial charge in [-0.05, 0) is 23.6 Å². The van der Waals surface area contributed by atoms with Gasteiger partial charge in [-0.15, -0.1) is 0 Å². The van der Waals surface area contributed by atoms with E-state index in [-0.39, 0.29) is 24.5 Å². The first-order valence-corrected chi connectivity index (χ1v) is 8.29. The lowest BCUT2D eigenvalue weighted by Crippen LogP contribution is -2.49. The molecule has 0 aliphatic carbocycles. The van der Waals surface area contributed by atoms with Crippen LogP contribution in [0.25, 0.3) is 0 Å². The predicted molar refractivity (Wildman–Crippen MR) is 91.5 cm³/mol. The number of phenols is 1. The lowest BCUT2D eigenvalue weighted by atomic mass is 9.93. The Kier molecular flexibility index (Phi) is 3.97. The summed E-state index contributed by atoms with van der Waals surface area (Å²) in [5.74, 6) is 1.31. The van der Waals surface area contributed by atoms with Crippen molar-refractivity contribution in [3.05, 3.63) is 53.1 Å². The molecular formula is C19H20N2O4. The monoisotopic (exact) mass is 340 g/mol.